The smallest absolute Gasteiger partial charge is 0.161 e. The molecule has 1 aromatic heterocycles. The maximum Gasteiger partial charge on any atom is 0.161 e. The predicted molar refractivity (Wildman–Crippen MR) is 73.8 cm³/mol. The van der Waals surface area contributed by atoms with Crippen molar-refractivity contribution in [3.63, 3.8) is 0 Å². The summed E-state index contributed by atoms with van der Waals surface area (Å²) in [5.41, 5.74) is 0.555. The molecule has 6 nitrogen and oxygen atoms in total. The van der Waals surface area contributed by atoms with Crippen LogP contribution in [0.1, 0.15) is 25.6 Å². The Morgan fingerprint density at radius 1 is 1.25 bits per heavy atom. The van der Waals surface area contributed by atoms with Crippen LogP contribution in [0.5, 0.6) is 11.5 Å². The van der Waals surface area contributed by atoms with Crippen LogP contribution < -0.4 is 9.47 Å². The highest BCUT2D eigenvalue weighted by atomic mass is 16.5. The molecule has 1 aromatic carbocycles. The molecule has 0 aliphatic heterocycles. The number of para-hydroxylation sites is 2. The molecule has 0 aliphatic rings. The van der Waals surface area contributed by atoms with Gasteiger partial charge in [-0.1, -0.05) is 17.3 Å². The fourth-order valence-electron chi connectivity index (χ4n) is 1.71. The number of aromatic nitrogens is 3. The third-order valence-electron chi connectivity index (χ3n) is 2.71. The van der Waals surface area contributed by atoms with Crippen molar-refractivity contribution in [2.24, 2.45) is 0 Å². The Balaban J connectivity index is 1.89. The standard InChI is InChI=1S/C14H19N3O3/c1-3-19-13-6-4-5-7-14(13)20-9-8-17-10-12(11(2)18)15-16-17/h4-7,10-11,18H,3,8-9H2,1-2H3. The van der Waals surface area contributed by atoms with Crippen LogP contribution in [-0.2, 0) is 6.54 Å². The molecule has 0 spiro atoms. The fraction of sp³-hybridized carbons (Fsp3) is 0.429. The van der Waals surface area contributed by atoms with E-state index < -0.39 is 6.10 Å². The minimum Gasteiger partial charge on any atom is -0.490 e. The van der Waals surface area contributed by atoms with Gasteiger partial charge in [0.15, 0.2) is 11.5 Å². The molecule has 0 radical (unpaired) electrons. The van der Waals surface area contributed by atoms with Crippen LogP contribution >= 0.6 is 0 Å². The van der Waals surface area contributed by atoms with Gasteiger partial charge in [-0.3, -0.25) is 0 Å². The van der Waals surface area contributed by atoms with E-state index in [4.69, 9.17) is 9.47 Å². The van der Waals surface area contributed by atoms with Crippen LogP contribution in [0.2, 0.25) is 0 Å². The Kier molecular flexibility index (Phi) is 4.95. The third kappa shape index (κ3) is 3.71. The van der Waals surface area contributed by atoms with Gasteiger partial charge >= 0.3 is 0 Å². The molecular weight excluding hydrogens is 258 g/mol. The SMILES string of the molecule is CCOc1ccccc1OCCn1cc(C(C)O)nn1. The van der Waals surface area contributed by atoms with Gasteiger partial charge in [0.25, 0.3) is 0 Å². The monoisotopic (exact) mass is 277 g/mol. The molecule has 0 aliphatic carbocycles. The van der Waals surface area contributed by atoms with Crippen LogP contribution in [0.4, 0.5) is 0 Å². The fourth-order valence-corrected chi connectivity index (χ4v) is 1.71. The highest BCUT2D eigenvalue weighted by Crippen LogP contribution is 2.26. The highest BCUT2D eigenvalue weighted by molar-refractivity contribution is 5.39. The summed E-state index contributed by atoms with van der Waals surface area (Å²) in [7, 11) is 0. The lowest BCUT2D eigenvalue weighted by Gasteiger charge is -2.11. The van der Waals surface area contributed by atoms with Gasteiger partial charge < -0.3 is 14.6 Å². The van der Waals surface area contributed by atoms with E-state index in [0.29, 0.717) is 31.2 Å². The van der Waals surface area contributed by atoms with Crippen molar-refractivity contribution in [1.29, 1.82) is 0 Å². The Morgan fingerprint density at radius 2 is 1.95 bits per heavy atom. The molecule has 1 atom stereocenters. The molecule has 108 valence electrons. The number of aliphatic hydroxyl groups excluding tert-OH is 1. The molecule has 1 unspecified atom stereocenters. The first-order chi connectivity index (χ1) is 9.70. The molecule has 0 bridgehead atoms. The maximum atomic E-state index is 9.37. The lowest BCUT2D eigenvalue weighted by Crippen LogP contribution is -2.09. The van der Waals surface area contributed by atoms with Crippen LogP contribution in [-0.4, -0.2) is 33.3 Å². The van der Waals surface area contributed by atoms with Gasteiger partial charge in [-0.05, 0) is 26.0 Å². The quantitative estimate of drug-likeness (QED) is 0.836. The normalized spacial score (nSPS) is 12.2. The summed E-state index contributed by atoms with van der Waals surface area (Å²) < 4.78 is 12.8. The second-order valence-electron chi connectivity index (χ2n) is 4.31. The number of ether oxygens (including phenoxy) is 2. The molecule has 2 aromatic rings. The average molecular weight is 277 g/mol. The Bertz CT molecular complexity index is 540. The summed E-state index contributed by atoms with van der Waals surface area (Å²) >= 11 is 0. The lowest BCUT2D eigenvalue weighted by atomic mass is 10.3. The van der Waals surface area contributed by atoms with Crippen LogP contribution in [0, 0.1) is 0 Å². The highest BCUT2D eigenvalue weighted by Gasteiger charge is 2.07. The van der Waals surface area contributed by atoms with Crippen molar-refractivity contribution in [3.05, 3.63) is 36.2 Å². The first-order valence-electron chi connectivity index (χ1n) is 6.63. The van der Waals surface area contributed by atoms with E-state index in [1.165, 1.54) is 0 Å². The van der Waals surface area contributed by atoms with Crippen molar-refractivity contribution in [3.8, 4) is 11.5 Å². The topological polar surface area (TPSA) is 69.4 Å². The number of hydrogen-bond donors (Lipinski definition) is 1. The zero-order chi connectivity index (χ0) is 14.4. The lowest BCUT2D eigenvalue weighted by molar-refractivity contribution is 0.194. The van der Waals surface area contributed by atoms with Crippen LogP contribution in [0.3, 0.4) is 0 Å². The Morgan fingerprint density at radius 3 is 2.55 bits per heavy atom. The number of rotatable bonds is 7. The van der Waals surface area contributed by atoms with Gasteiger partial charge in [0, 0.05) is 0 Å². The van der Waals surface area contributed by atoms with Gasteiger partial charge in [0.2, 0.25) is 0 Å². The van der Waals surface area contributed by atoms with E-state index in [1.54, 1.807) is 17.8 Å². The number of aliphatic hydroxyl groups is 1. The van der Waals surface area contributed by atoms with E-state index in [0.717, 1.165) is 5.75 Å². The van der Waals surface area contributed by atoms with Crippen LogP contribution in [0.15, 0.2) is 30.5 Å². The van der Waals surface area contributed by atoms with Gasteiger partial charge in [-0.25, -0.2) is 4.68 Å². The second-order valence-corrected chi connectivity index (χ2v) is 4.31. The molecule has 1 heterocycles. The molecule has 6 heteroatoms. The average Bonchev–Trinajstić information content (AvgIpc) is 2.90. The van der Waals surface area contributed by atoms with E-state index in [-0.39, 0.29) is 0 Å². The number of nitrogens with zero attached hydrogens (tertiary/aromatic N) is 3. The first kappa shape index (κ1) is 14.3. The minimum absolute atomic E-state index is 0.451. The number of benzene rings is 1. The summed E-state index contributed by atoms with van der Waals surface area (Å²) in [6.07, 6.45) is 1.10. The van der Waals surface area contributed by atoms with Crippen molar-refractivity contribution < 1.29 is 14.6 Å². The van der Waals surface area contributed by atoms with Crippen LogP contribution in [0.25, 0.3) is 0 Å². The third-order valence-corrected chi connectivity index (χ3v) is 2.71. The minimum atomic E-state index is -0.608. The van der Waals surface area contributed by atoms with Crippen molar-refractivity contribution in [2.45, 2.75) is 26.5 Å². The summed E-state index contributed by atoms with van der Waals surface area (Å²) in [5.74, 6) is 1.45. The molecular formula is C14H19N3O3. The largest absolute Gasteiger partial charge is 0.490 e. The Hall–Kier alpha value is -2.08. The van der Waals surface area contributed by atoms with E-state index >= 15 is 0 Å². The van der Waals surface area contributed by atoms with Gasteiger partial charge in [-0.15, -0.1) is 5.10 Å². The molecule has 0 saturated carbocycles. The molecule has 0 fully saturated rings. The van der Waals surface area contributed by atoms with Crippen molar-refractivity contribution in [2.75, 3.05) is 13.2 Å². The number of hydrogen-bond acceptors (Lipinski definition) is 5. The van der Waals surface area contributed by atoms with Crippen molar-refractivity contribution >= 4 is 0 Å². The molecule has 0 amide bonds. The van der Waals surface area contributed by atoms with Crippen molar-refractivity contribution in [1.82, 2.24) is 15.0 Å². The molecule has 2 rings (SSSR count). The van der Waals surface area contributed by atoms with E-state index in [9.17, 15) is 5.11 Å². The zero-order valence-electron chi connectivity index (χ0n) is 11.7. The predicted octanol–water partition coefficient (Wildman–Crippen LogP) is 1.81. The van der Waals surface area contributed by atoms with E-state index in [1.807, 2.05) is 31.2 Å². The van der Waals surface area contributed by atoms with Gasteiger partial charge in [0.05, 0.1) is 25.5 Å². The summed E-state index contributed by atoms with van der Waals surface area (Å²) in [6, 6.07) is 7.55. The zero-order valence-corrected chi connectivity index (χ0v) is 11.7. The maximum absolute atomic E-state index is 9.37. The Labute approximate surface area is 117 Å². The van der Waals surface area contributed by atoms with Gasteiger partial charge in [0.1, 0.15) is 12.3 Å². The second kappa shape index (κ2) is 6.91. The first-order valence-corrected chi connectivity index (χ1v) is 6.63. The molecule has 1 N–H and O–H groups in total. The summed E-state index contributed by atoms with van der Waals surface area (Å²) in [4.78, 5) is 0. The summed E-state index contributed by atoms with van der Waals surface area (Å²) in [5, 5.41) is 17.2. The van der Waals surface area contributed by atoms with E-state index in [2.05, 4.69) is 10.3 Å². The molecule has 0 saturated heterocycles. The molecule has 20 heavy (non-hydrogen) atoms. The van der Waals surface area contributed by atoms with Gasteiger partial charge in [-0.2, -0.15) is 0 Å². The summed E-state index contributed by atoms with van der Waals surface area (Å²) in [6.45, 7) is 5.20.